The van der Waals surface area contributed by atoms with Gasteiger partial charge in [-0.2, -0.15) is 8.42 Å². The third-order valence-corrected chi connectivity index (χ3v) is 5.86. The van der Waals surface area contributed by atoms with Crippen molar-refractivity contribution in [1.82, 2.24) is 0 Å². The molecule has 0 bridgehead atoms. The van der Waals surface area contributed by atoms with Gasteiger partial charge in [0, 0.05) is 12.4 Å². The first-order valence-corrected chi connectivity index (χ1v) is 13.4. The smallest absolute Gasteiger partial charge is 0.550 e. The van der Waals surface area contributed by atoms with Crippen LogP contribution in [-0.2, 0) is 29.2 Å². The third kappa shape index (κ3) is 32.7. The molecule has 36 heavy (non-hydrogen) atoms. The van der Waals surface area contributed by atoms with Crippen molar-refractivity contribution < 1.29 is 112 Å². The first kappa shape index (κ1) is 43.7. The summed E-state index contributed by atoms with van der Waals surface area (Å²) in [5, 5.41) is 35.6. The normalized spacial score (nSPS) is 12.3. The van der Waals surface area contributed by atoms with Gasteiger partial charge >= 0.3 is 59.1 Å². The van der Waals surface area contributed by atoms with E-state index in [0.29, 0.717) is 26.4 Å². The molecular weight excluding hydrogens is 518 g/mol. The Kier molecular flexibility index (Phi) is 36.7. The van der Waals surface area contributed by atoms with E-state index in [4.69, 9.17) is 19.1 Å². The van der Waals surface area contributed by atoms with E-state index in [1.165, 1.54) is 57.8 Å². The van der Waals surface area contributed by atoms with Crippen molar-refractivity contribution in [3.05, 3.63) is 0 Å². The third-order valence-electron chi connectivity index (χ3n) is 4.78. The number of aliphatic carboxylic acids is 2. The number of unbranched alkanes of at least 4 members (excludes halogenated alkanes) is 9. The van der Waals surface area contributed by atoms with Gasteiger partial charge in [0.05, 0.1) is 45.1 Å². The summed E-state index contributed by atoms with van der Waals surface area (Å²) >= 11 is 0. The van der Waals surface area contributed by atoms with E-state index in [9.17, 15) is 33.3 Å². The molecular formula is C22H42Na2O11S. The number of hydrogen-bond donors (Lipinski definition) is 3. The van der Waals surface area contributed by atoms with E-state index >= 15 is 0 Å². The van der Waals surface area contributed by atoms with E-state index in [1.54, 1.807) is 0 Å². The van der Waals surface area contributed by atoms with Crippen molar-refractivity contribution in [2.45, 2.75) is 95.3 Å². The SMILES string of the molecule is CCCCCCCCCCCCC(O)COCCOCCO.O=C([O-])CC(C(=O)[O-])S(=O)(=O)O.[Na+].[Na+]. The topological polar surface area (TPSA) is 194 Å². The predicted molar refractivity (Wildman–Crippen MR) is 121 cm³/mol. The van der Waals surface area contributed by atoms with Crippen molar-refractivity contribution in [1.29, 1.82) is 0 Å². The molecule has 3 N–H and O–H groups in total. The summed E-state index contributed by atoms with van der Waals surface area (Å²) in [4.78, 5) is 19.7. The number of aliphatic hydroxyl groups is 2. The average molecular weight is 561 g/mol. The predicted octanol–water partition coefficient (Wildman–Crippen LogP) is -6.18. The van der Waals surface area contributed by atoms with E-state index in [2.05, 4.69) is 6.92 Å². The molecule has 0 aliphatic heterocycles. The summed E-state index contributed by atoms with van der Waals surface area (Å²) in [5.74, 6) is -4.08. The number of aliphatic hydroxyl groups excluding tert-OH is 2. The molecule has 0 aromatic heterocycles. The summed E-state index contributed by atoms with van der Waals surface area (Å²) in [7, 11) is -4.94. The average Bonchev–Trinajstić information content (AvgIpc) is 2.75. The Morgan fingerprint density at radius 3 is 1.69 bits per heavy atom. The first-order chi connectivity index (χ1) is 16.1. The monoisotopic (exact) mass is 560 g/mol. The number of ether oxygens (including phenoxy) is 2. The molecule has 0 spiro atoms. The molecule has 0 aromatic rings. The van der Waals surface area contributed by atoms with Crippen LogP contribution < -0.4 is 69.3 Å². The number of carbonyl (C=O) groups is 2. The zero-order chi connectivity index (χ0) is 26.2. The Labute approximate surface area is 260 Å². The quantitative estimate of drug-likeness (QED) is 0.0648. The molecule has 2 unspecified atom stereocenters. The molecule has 2 atom stereocenters. The first-order valence-electron chi connectivity index (χ1n) is 11.9. The molecule has 0 saturated carbocycles. The van der Waals surface area contributed by atoms with E-state index < -0.39 is 33.7 Å². The minimum absolute atomic E-state index is 0. The summed E-state index contributed by atoms with van der Waals surface area (Å²) in [5.41, 5.74) is 0. The Hall–Kier alpha value is 0.690. The van der Waals surface area contributed by atoms with Gasteiger partial charge in [-0.15, -0.1) is 0 Å². The van der Waals surface area contributed by atoms with Crippen molar-refractivity contribution in [2.75, 3.05) is 33.0 Å². The Morgan fingerprint density at radius 2 is 1.31 bits per heavy atom. The second-order valence-electron chi connectivity index (χ2n) is 7.93. The van der Waals surface area contributed by atoms with Gasteiger partial charge in [-0.3, -0.25) is 4.55 Å². The second kappa shape index (κ2) is 30.2. The molecule has 0 radical (unpaired) electrons. The van der Waals surface area contributed by atoms with Gasteiger partial charge in [0.15, 0.2) is 0 Å². The van der Waals surface area contributed by atoms with Crippen molar-refractivity contribution in [3.63, 3.8) is 0 Å². The van der Waals surface area contributed by atoms with Crippen LogP contribution in [0.4, 0.5) is 0 Å². The van der Waals surface area contributed by atoms with Gasteiger partial charge in [0.2, 0.25) is 0 Å². The maximum absolute atomic E-state index is 10.2. The van der Waals surface area contributed by atoms with Gasteiger partial charge in [-0.25, -0.2) is 0 Å². The minimum atomic E-state index is -4.94. The van der Waals surface area contributed by atoms with Crippen LogP contribution in [0.5, 0.6) is 0 Å². The molecule has 11 nitrogen and oxygen atoms in total. The van der Waals surface area contributed by atoms with Gasteiger partial charge in [0.25, 0.3) is 10.1 Å². The van der Waals surface area contributed by atoms with Crippen LogP contribution in [0.1, 0.15) is 84.0 Å². The van der Waals surface area contributed by atoms with Crippen LogP contribution in [0.3, 0.4) is 0 Å². The zero-order valence-electron chi connectivity index (χ0n) is 22.2. The molecule has 0 amide bonds. The maximum atomic E-state index is 10.2. The van der Waals surface area contributed by atoms with Crippen LogP contribution in [0.25, 0.3) is 0 Å². The van der Waals surface area contributed by atoms with Crippen LogP contribution in [-0.4, -0.2) is 79.5 Å². The molecule has 0 aliphatic carbocycles. The second-order valence-corrected chi connectivity index (χ2v) is 9.53. The number of carboxylic acid groups (broad SMARTS) is 2. The summed E-state index contributed by atoms with van der Waals surface area (Å²) in [6, 6.07) is 0. The van der Waals surface area contributed by atoms with Crippen LogP contribution in [0.2, 0.25) is 0 Å². The summed E-state index contributed by atoms with van der Waals surface area (Å²) in [6.07, 6.45) is 12.3. The fourth-order valence-electron chi connectivity index (χ4n) is 2.92. The number of carboxylic acids is 2. The van der Waals surface area contributed by atoms with Crippen molar-refractivity contribution >= 4 is 22.1 Å². The largest absolute Gasteiger partial charge is 1.00 e. The molecule has 0 aromatic carbocycles. The van der Waals surface area contributed by atoms with Gasteiger partial charge in [-0.1, -0.05) is 71.1 Å². The van der Waals surface area contributed by atoms with E-state index in [-0.39, 0.29) is 71.8 Å². The molecule has 0 heterocycles. The molecule has 0 rings (SSSR count). The molecule has 14 heteroatoms. The summed E-state index contributed by atoms with van der Waals surface area (Å²) < 4.78 is 38.9. The Morgan fingerprint density at radius 1 is 0.833 bits per heavy atom. The molecule has 0 saturated heterocycles. The maximum Gasteiger partial charge on any atom is 1.00 e. The number of carbonyl (C=O) groups excluding carboxylic acids is 2. The number of rotatable bonds is 22. The molecule has 0 aliphatic rings. The summed E-state index contributed by atoms with van der Waals surface area (Å²) in [6.45, 7) is 4.00. The fourth-order valence-corrected chi connectivity index (χ4v) is 3.51. The van der Waals surface area contributed by atoms with Crippen LogP contribution in [0, 0.1) is 0 Å². The van der Waals surface area contributed by atoms with Crippen molar-refractivity contribution in [2.24, 2.45) is 0 Å². The van der Waals surface area contributed by atoms with Gasteiger partial charge in [-0.05, 0) is 6.42 Å². The van der Waals surface area contributed by atoms with Crippen LogP contribution in [0.15, 0.2) is 0 Å². The molecule has 204 valence electrons. The minimum Gasteiger partial charge on any atom is -0.550 e. The number of hydrogen-bond acceptors (Lipinski definition) is 10. The fraction of sp³-hybridized carbons (Fsp3) is 0.909. The van der Waals surface area contributed by atoms with Crippen LogP contribution >= 0.6 is 0 Å². The Balaban J connectivity index is -0.000000313. The molecule has 0 fully saturated rings. The van der Waals surface area contributed by atoms with Gasteiger partial charge in [0.1, 0.15) is 5.25 Å². The zero-order valence-corrected chi connectivity index (χ0v) is 27.0. The van der Waals surface area contributed by atoms with Crippen molar-refractivity contribution in [3.8, 4) is 0 Å². The Bertz CT molecular complexity index is 607. The van der Waals surface area contributed by atoms with Gasteiger partial charge < -0.3 is 39.5 Å². The van der Waals surface area contributed by atoms with E-state index in [0.717, 1.165) is 12.8 Å². The van der Waals surface area contributed by atoms with E-state index in [1.807, 2.05) is 0 Å². The standard InChI is InChI=1S/C18H38O4.C4H6O7S.2Na/c1-2-3-4-5-6-7-8-9-10-11-12-18(20)17-22-16-15-21-14-13-19;5-3(6)1-2(4(7)8)12(9,10)11;;/h18-20H,2-17H2,1H3;2H,1H2,(H,5,6)(H,7,8)(H,9,10,11);;/q;;2*+1/p-2.